The molecule has 0 amide bonds. The first-order valence-electron chi connectivity index (χ1n) is 15.0. The molecule has 0 bridgehead atoms. The summed E-state index contributed by atoms with van der Waals surface area (Å²) >= 11 is 0. The van der Waals surface area contributed by atoms with Gasteiger partial charge in [0.1, 0.15) is 0 Å². The van der Waals surface area contributed by atoms with E-state index in [2.05, 4.69) is 180 Å². The molecule has 0 unspecified atom stereocenters. The summed E-state index contributed by atoms with van der Waals surface area (Å²) in [5.74, 6) is 0. The molecule has 2 nitrogen and oxygen atoms in total. The maximum atomic E-state index is 3.53. The highest BCUT2D eigenvalue weighted by molar-refractivity contribution is 6.10. The lowest BCUT2D eigenvalue weighted by atomic mass is 9.99. The van der Waals surface area contributed by atoms with E-state index in [0.29, 0.717) is 0 Å². The molecule has 0 saturated carbocycles. The first-order valence-corrected chi connectivity index (χ1v) is 15.0. The number of aromatic nitrogens is 1. The second-order valence-electron chi connectivity index (χ2n) is 11.1. The van der Waals surface area contributed by atoms with E-state index in [1.54, 1.807) is 0 Å². The van der Waals surface area contributed by atoms with Crippen molar-refractivity contribution in [2.24, 2.45) is 0 Å². The molecule has 1 aromatic heterocycles. The minimum atomic E-state index is 1.07. The highest BCUT2D eigenvalue weighted by Crippen LogP contribution is 2.35. The maximum absolute atomic E-state index is 3.53. The van der Waals surface area contributed by atoms with Crippen LogP contribution in [0.5, 0.6) is 0 Å². The van der Waals surface area contributed by atoms with Crippen LogP contribution in [0.2, 0.25) is 0 Å². The molecule has 7 aromatic carbocycles. The van der Waals surface area contributed by atoms with Crippen molar-refractivity contribution in [3.63, 3.8) is 0 Å². The molecule has 0 aliphatic heterocycles. The molecule has 1 N–H and O–H groups in total. The van der Waals surface area contributed by atoms with Crippen LogP contribution in [0.15, 0.2) is 176 Å². The van der Waals surface area contributed by atoms with Crippen molar-refractivity contribution in [1.29, 1.82) is 0 Å². The SMILES string of the molecule is c1ccc(-c2ccc(Nc3ccc(-c4ccc(-c5ccc6c(c5)c5ccccc5n6-c5ccccc5)cc4)cc3)cc2)cc1. The molecule has 2 heteroatoms. The molecule has 44 heavy (non-hydrogen) atoms. The zero-order valence-electron chi connectivity index (χ0n) is 24.2. The molecule has 8 rings (SSSR count). The van der Waals surface area contributed by atoms with Gasteiger partial charge in [0, 0.05) is 27.8 Å². The summed E-state index contributed by atoms with van der Waals surface area (Å²) in [6.07, 6.45) is 0. The van der Waals surface area contributed by atoms with Gasteiger partial charge in [0.25, 0.3) is 0 Å². The van der Waals surface area contributed by atoms with Gasteiger partial charge in [-0.3, -0.25) is 0 Å². The minimum Gasteiger partial charge on any atom is -0.356 e. The fraction of sp³-hybridized carbons (Fsp3) is 0. The average Bonchev–Trinajstić information content (AvgIpc) is 3.44. The summed E-state index contributed by atoms with van der Waals surface area (Å²) in [4.78, 5) is 0. The zero-order chi connectivity index (χ0) is 29.3. The summed E-state index contributed by atoms with van der Waals surface area (Å²) in [5.41, 5.74) is 13.0. The number of nitrogens with one attached hydrogen (secondary N) is 1. The van der Waals surface area contributed by atoms with Crippen molar-refractivity contribution < 1.29 is 0 Å². The molecule has 0 saturated heterocycles. The van der Waals surface area contributed by atoms with Gasteiger partial charge in [-0.05, 0) is 88.0 Å². The van der Waals surface area contributed by atoms with E-state index in [1.807, 2.05) is 6.07 Å². The highest BCUT2D eigenvalue weighted by atomic mass is 15.0. The normalized spacial score (nSPS) is 11.2. The second-order valence-corrected chi connectivity index (χ2v) is 11.1. The Kier molecular flexibility index (Phi) is 6.51. The van der Waals surface area contributed by atoms with E-state index in [-0.39, 0.29) is 0 Å². The molecule has 0 aliphatic rings. The van der Waals surface area contributed by atoms with E-state index in [9.17, 15) is 0 Å². The highest BCUT2D eigenvalue weighted by Gasteiger charge is 2.13. The molecule has 0 atom stereocenters. The fourth-order valence-corrected chi connectivity index (χ4v) is 6.15. The molecule has 0 aliphatic carbocycles. The number of rotatable bonds is 6. The molecule has 8 aromatic rings. The van der Waals surface area contributed by atoms with Crippen molar-refractivity contribution >= 4 is 33.2 Å². The van der Waals surface area contributed by atoms with Gasteiger partial charge < -0.3 is 9.88 Å². The number of fused-ring (bicyclic) bond motifs is 3. The van der Waals surface area contributed by atoms with Crippen molar-refractivity contribution in [3.8, 4) is 39.1 Å². The Bertz CT molecular complexity index is 2190. The van der Waals surface area contributed by atoms with E-state index in [0.717, 1.165) is 11.4 Å². The number of hydrogen-bond donors (Lipinski definition) is 1. The van der Waals surface area contributed by atoms with Gasteiger partial charge in [0.05, 0.1) is 11.0 Å². The third-order valence-corrected chi connectivity index (χ3v) is 8.40. The Balaban J connectivity index is 1.03. The largest absolute Gasteiger partial charge is 0.356 e. The fourth-order valence-electron chi connectivity index (χ4n) is 6.15. The number of nitrogens with zero attached hydrogens (tertiary/aromatic N) is 1. The first-order chi connectivity index (χ1) is 21.8. The van der Waals surface area contributed by atoms with Crippen LogP contribution in [-0.2, 0) is 0 Å². The summed E-state index contributed by atoms with van der Waals surface area (Å²) in [6, 6.07) is 62.7. The van der Waals surface area contributed by atoms with Crippen LogP contribution in [0.4, 0.5) is 11.4 Å². The van der Waals surface area contributed by atoms with Crippen molar-refractivity contribution in [2.75, 3.05) is 5.32 Å². The Hall–Kier alpha value is -5.86. The lowest BCUT2D eigenvalue weighted by molar-refractivity contribution is 1.18. The lowest BCUT2D eigenvalue weighted by Crippen LogP contribution is -1.92. The van der Waals surface area contributed by atoms with Gasteiger partial charge in [-0.2, -0.15) is 0 Å². The predicted octanol–water partition coefficient (Wildman–Crippen LogP) is 11.5. The number of hydrogen-bond acceptors (Lipinski definition) is 1. The monoisotopic (exact) mass is 562 g/mol. The van der Waals surface area contributed by atoms with Crippen LogP contribution in [0.3, 0.4) is 0 Å². The van der Waals surface area contributed by atoms with E-state index < -0.39 is 0 Å². The smallest absolute Gasteiger partial charge is 0.0541 e. The Morgan fingerprint density at radius 3 is 1.36 bits per heavy atom. The zero-order valence-corrected chi connectivity index (χ0v) is 24.2. The summed E-state index contributed by atoms with van der Waals surface area (Å²) in [5, 5.41) is 6.07. The third-order valence-electron chi connectivity index (χ3n) is 8.40. The quantitative estimate of drug-likeness (QED) is 0.213. The van der Waals surface area contributed by atoms with Crippen LogP contribution < -0.4 is 5.32 Å². The standard InChI is InChI=1S/C42H30N2/c1-3-9-30(10-4-1)32-19-24-36(25-20-32)43-37-26-21-33(22-27-37)31-15-17-34(18-16-31)35-23-28-42-40(29-35)39-13-7-8-14-41(39)44(42)38-11-5-2-6-12-38/h1-29,43H. The molecule has 0 spiro atoms. The second kappa shape index (κ2) is 11.1. The van der Waals surface area contributed by atoms with Gasteiger partial charge in [0.2, 0.25) is 0 Å². The van der Waals surface area contributed by atoms with Gasteiger partial charge >= 0.3 is 0 Å². The van der Waals surface area contributed by atoms with Gasteiger partial charge in [-0.1, -0.05) is 121 Å². The van der Waals surface area contributed by atoms with Crippen molar-refractivity contribution in [3.05, 3.63) is 176 Å². The molecular formula is C42H30N2. The Morgan fingerprint density at radius 1 is 0.318 bits per heavy atom. The molecular weight excluding hydrogens is 532 g/mol. The summed E-state index contributed by atoms with van der Waals surface area (Å²) in [7, 11) is 0. The minimum absolute atomic E-state index is 1.07. The van der Waals surface area contributed by atoms with E-state index in [1.165, 1.54) is 60.9 Å². The van der Waals surface area contributed by atoms with Crippen LogP contribution in [-0.4, -0.2) is 4.57 Å². The first kappa shape index (κ1) is 25.8. The molecule has 208 valence electrons. The molecule has 0 radical (unpaired) electrons. The van der Waals surface area contributed by atoms with Crippen LogP contribution in [0, 0.1) is 0 Å². The summed E-state index contributed by atoms with van der Waals surface area (Å²) in [6.45, 7) is 0. The number of anilines is 2. The van der Waals surface area contributed by atoms with Crippen LogP contribution in [0.25, 0.3) is 60.9 Å². The van der Waals surface area contributed by atoms with Crippen LogP contribution >= 0.6 is 0 Å². The summed E-state index contributed by atoms with van der Waals surface area (Å²) < 4.78 is 2.36. The van der Waals surface area contributed by atoms with Crippen molar-refractivity contribution in [2.45, 2.75) is 0 Å². The Morgan fingerprint density at radius 2 is 0.750 bits per heavy atom. The molecule has 0 fully saturated rings. The van der Waals surface area contributed by atoms with E-state index >= 15 is 0 Å². The number of para-hydroxylation sites is 2. The Labute approximate surface area is 257 Å². The maximum Gasteiger partial charge on any atom is 0.0541 e. The van der Waals surface area contributed by atoms with E-state index in [4.69, 9.17) is 0 Å². The van der Waals surface area contributed by atoms with Gasteiger partial charge in [-0.25, -0.2) is 0 Å². The molecule has 1 heterocycles. The van der Waals surface area contributed by atoms with Crippen LogP contribution in [0.1, 0.15) is 0 Å². The van der Waals surface area contributed by atoms with Crippen molar-refractivity contribution in [1.82, 2.24) is 4.57 Å². The number of benzene rings is 7. The van der Waals surface area contributed by atoms with Gasteiger partial charge in [0.15, 0.2) is 0 Å². The third kappa shape index (κ3) is 4.83. The average molecular weight is 563 g/mol. The van der Waals surface area contributed by atoms with Gasteiger partial charge in [-0.15, -0.1) is 0 Å². The lowest BCUT2D eigenvalue weighted by Gasteiger charge is -2.10. The topological polar surface area (TPSA) is 17.0 Å². The predicted molar refractivity (Wildman–Crippen MR) is 187 cm³/mol.